The first kappa shape index (κ1) is 19.8. The van der Waals surface area contributed by atoms with Crippen LogP contribution >= 0.6 is 23.4 Å². The highest BCUT2D eigenvalue weighted by Crippen LogP contribution is 2.41. The lowest BCUT2D eigenvalue weighted by molar-refractivity contribution is -0.125. The summed E-state index contributed by atoms with van der Waals surface area (Å²) in [5.41, 5.74) is -0.779. The molecule has 0 aliphatic carbocycles. The van der Waals surface area contributed by atoms with Crippen LogP contribution in [0, 0.1) is 39.8 Å². The standard InChI is InChI=1S/C17H14ClFN4O2S/c1-17(2)10(6-20)15(25)23-16(11(17)7-21)26-8-14(24)22-13-4-3-9(18)5-12(13)19/h3-5,10H,8H2,1-2H3,(H,22,24)(H,23,25)/t10-/m0/s1. The molecule has 2 rings (SSSR count). The van der Waals surface area contributed by atoms with Gasteiger partial charge in [-0.2, -0.15) is 10.5 Å². The van der Waals surface area contributed by atoms with E-state index in [-0.39, 0.29) is 27.1 Å². The van der Waals surface area contributed by atoms with Crippen molar-refractivity contribution in [3.8, 4) is 12.1 Å². The molecule has 1 aliphatic rings. The number of anilines is 1. The number of halogens is 2. The predicted molar refractivity (Wildman–Crippen MR) is 96.2 cm³/mol. The Hall–Kier alpha value is -2.55. The van der Waals surface area contributed by atoms with Crippen LogP contribution in [0.3, 0.4) is 0 Å². The van der Waals surface area contributed by atoms with Crippen LogP contribution in [-0.2, 0) is 9.59 Å². The molecule has 26 heavy (non-hydrogen) atoms. The van der Waals surface area contributed by atoms with Crippen LogP contribution in [0.4, 0.5) is 10.1 Å². The lowest BCUT2D eigenvalue weighted by Gasteiger charge is -2.34. The summed E-state index contributed by atoms with van der Waals surface area (Å²) in [6.45, 7) is 3.25. The molecule has 0 unspecified atom stereocenters. The van der Waals surface area contributed by atoms with E-state index in [1.54, 1.807) is 13.8 Å². The molecule has 0 radical (unpaired) electrons. The van der Waals surface area contributed by atoms with Crippen LogP contribution in [0.15, 0.2) is 28.8 Å². The SMILES string of the molecule is CC1(C)C(C#N)=C(SCC(=O)Nc2ccc(Cl)cc2F)NC(=O)[C@@H]1C#N. The first-order valence-corrected chi connectivity index (χ1v) is 8.80. The van der Waals surface area contributed by atoms with Crippen LogP contribution < -0.4 is 10.6 Å². The Morgan fingerprint density at radius 1 is 1.46 bits per heavy atom. The molecule has 0 bridgehead atoms. The third kappa shape index (κ3) is 3.98. The maximum absolute atomic E-state index is 13.7. The van der Waals surface area contributed by atoms with E-state index in [1.807, 2.05) is 12.1 Å². The van der Waals surface area contributed by atoms with Crippen LogP contribution in [0.5, 0.6) is 0 Å². The number of nitrogens with one attached hydrogen (secondary N) is 2. The summed E-state index contributed by atoms with van der Waals surface area (Å²) in [7, 11) is 0. The van der Waals surface area contributed by atoms with Crippen molar-refractivity contribution < 1.29 is 14.0 Å². The molecule has 1 aliphatic heterocycles. The summed E-state index contributed by atoms with van der Waals surface area (Å²) in [5.74, 6) is -2.87. The lowest BCUT2D eigenvalue weighted by atomic mass is 9.72. The van der Waals surface area contributed by atoms with Crippen LogP contribution in [0.1, 0.15) is 13.8 Å². The first-order valence-electron chi connectivity index (χ1n) is 7.43. The summed E-state index contributed by atoms with van der Waals surface area (Å²) in [6, 6.07) is 7.76. The Kier molecular flexibility index (Phi) is 5.91. The molecule has 0 spiro atoms. The number of nitrogens with zero attached hydrogens (tertiary/aromatic N) is 2. The van der Waals surface area contributed by atoms with E-state index in [0.717, 1.165) is 17.8 Å². The zero-order chi connectivity index (χ0) is 19.5. The molecule has 2 N–H and O–H groups in total. The Morgan fingerprint density at radius 2 is 2.15 bits per heavy atom. The van der Waals surface area contributed by atoms with E-state index in [2.05, 4.69) is 10.6 Å². The molecule has 1 aromatic carbocycles. The quantitative estimate of drug-likeness (QED) is 0.818. The van der Waals surface area contributed by atoms with Crippen molar-refractivity contribution in [1.29, 1.82) is 10.5 Å². The third-order valence-corrected chi connectivity index (χ3v) is 5.12. The second-order valence-corrected chi connectivity index (χ2v) is 7.47. The molecule has 6 nitrogen and oxygen atoms in total. The van der Waals surface area contributed by atoms with Crippen LogP contribution in [-0.4, -0.2) is 17.6 Å². The van der Waals surface area contributed by atoms with Gasteiger partial charge in [-0.1, -0.05) is 37.2 Å². The van der Waals surface area contributed by atoms with Crippen molar-refractivity contribution >= 4 is 40.9 Å². The third-order valence-electron chi connectivity index (χ3n) is 3.89. The molecule has 1 heterocycles. The van der Waals surface area contributed by atoms with Gasteiger partial charge >= 0.3 is 0 Å². The minimum absolute atomic E-state index is 0.0213. The normalized spacial score (nSPS) is 18.5. The van der Waals surface area contributed by atoms with Crippen LogP contribution in [0.2, 0.25) is 5.02 Å². The zero-order valence-corrected chi connectivity index (χ0v) is 15.5. The summed E-state index contributed by atoms with van der Waals surface area (Å²) in [5, 5.41) is 23.9. The number of rotatable bonds is 4. The zero-order valence-electron chi connectivity index (χ0n) is 13.9. The average Bonchev–Trinajstić information content (AvgIpc) is 2.55. The number of hydrogen-bond acceptors (Lipinski definition) is 5. The predicted octanol–water partition coefficient (Wildman–Crippen LogP) is 3.18. The molecule has 1 aromatic rings. The minimum Gasteiger partial charge on any atom is -0.323 e. The number of amides is 2. The van der Waals surface area contributed by atoms with Gasteiger partial charge in [0.15, 0.2) is 0 Å². The Labute approximate surface area is 159 Å². The Bertz CT molecular complexity index is 886. The van der Waals surface area contributed by atoms with Crippen molar-refractivity contribution in [1.82, 2.24) is 5.32 Å². The highest BCUT2D eigenvalue weighted by molar-refractivity contribution is 8.03. The van der Waals surface area contributed by atoms with Crippen LogP contribution in [0.25, 0.3) is 0 Å². The van der Waals surface area contributed by atoms with Gasteiger partial charge in [-0.3, -0.25) is 9.59 Å². The summed E-state index contributed by atoms with van der Waals surface area (Å²) in [4.78, 5) is 24.1. The van der Waals surface area contributed by atoms with Gasteiger partial charge in [-0.25, -0.2) is 4.39 Å². The van der Waals surface area contributed by atoms with Crippen molar-refractivity contribution in [2.24, 2.45) is 11.3 Å². The van der Waals surface area contributed by atoms with E-state index in [1.165, 1.54) is 12.1 Å². The molecular formula is C17H14ClFN4O2S. The molecule has 0 aromatic heterocycles. The maximum atomic E-state index is 13.7. The van der Waals surface area contributed by atoms with Crippen molar-refractivity contribution in [2.75, 3.05) is 11.1 Å². The second-order valence-electron chi connectivity index (χ2n) is 6.05. The van der Waals surface area contributed by atoms with Gasteiger partial charge in [0.2, 0.25) is 11.8 Å². The largest absolute Gasteiger partial charge is 0.323 e. The Morgan fingerprint density at radius 3 is 2.73 bits per heavy atom. The van der Waals surface area contributed by atoms with E-state index in [4.69, 9.17) is 16.9 Å². The number of nitriles is 2. The fraction of sp³-hybridized carbons (Fsp3) is 0.294. The Balaban J connectivity index is 2.13. The fourth-order valence-electron chi connectivity index (χ4n) is 2.45. The minimum atomic E-state index is -1.00. The molecule has 1 atom stereocenters. The number of benzene rings is 1. The average molecular weight is 393 g/mol. The summed E-state index contributed by atoms with van der Waals surface area (Å²) in [6.07, 6.45) is 0. The van der Waals surface area contributed by atoms with Crippen molar-refractivity contribution in [3.05, 3.63) is 39.6 Å². The number of carbonyl (C=O) groups excluding carboxylic acids is 2. The highest BCUT2D eigenvalue weighted by atomic mass is 35.5. The molecule has 0 saturated carbocycles. The number of hydrogen-bond donors (Lipinski definition) is 2. The van der Waals surface area contributed by atoms with E-state index >= 15 is 0 Å². The molecule has 9 heteroatoms. The van der Waals surface area contributed by atoms with Gasteiger partial charge < -0.3 is 10.6 Å². The van der Waals surface area contributed by atoms with E-state index in [9.17, 15) is 19.2 Å². The number of thioether (sulfide) groups is 1. The van der Waals surface area contributed by atoms with Gasteiger partial charge in [0.25, 0.3) is 0 Å². The van der Waals surface area contributed by atoms with Crippen molar-refractivity contribution in [3.63, 3.8) is 0 Å². The van der Waals surface area contributed by atoms with Crippen molar-refractivity contribution in [2.45, 2.75) is 13.8 Å². The lowest BCUT2D eigenvalue weighted by Crippen LogP contribution is -2.44. The van der Waals surface area contributed by atoms with Gasteiger partial charge in [0.05, 0.1) is 34.2 Å². The molecular weight excluding hydrogens is 379 g/mol. The van der Waals surface area contributed by atoms with Gasteiger partial charge in [-0.15, -0.1) is 0 Å². The summed E-state index contributed by atoms with van der Waals surface area (Å²) < 4.78 is 13.7. The fourth-order valence-corrected chi connectivity index (χ4v) is 3.58. The topological polar surface area (TPSA) is 106 Å². The number of carbonyl (C=O) groups is 2. The molecule has 0 saturated heterocycles. The van der Waals surface area contributed by atoms with Gasteiger partial charge in [0.1, 0.15) is 11.7 Å². The monoisotopic (exact) mass is 392 g/mol. The second kappa shape index (κ2) is 7.77. The molecule has 134 valence electrons. The number of allylic oxidation sites excluding steroid dienone is 1. The highest BCUT2D eigenvalue weighted by Gasteiger charge is 2.44. The molecule has 0 fully saturated rings. The summed E-state index contributed by atoms with van der Waals surface area (Å²) >= 11 is 6.60. The van der Waals surface area contributed by atoms with E-state index < -0.39 is 29.0 Å². The maximum Gasteiger partial charge on any atom is 0.243 e. The van der Waals surface area contributed by atoms with Gasteiger partial charge in [0, 0.05) is 10.4 Å². The molecule has 2 amide bonds. The van der Waals surface area contributed by atoms with E-state index in [0.29, 0.717) is 0 Å². The smallest absolute Gasteiger partial charge is 0.243 e. The first-order chi connectivity index (χ1) is 12.2. The van der Waals surface area contributed by atoms with Gasteiger partial charge in [-0.05, 0) is 18.2 Å².